The second kappa shape index (κ2) is 17.6. The van der Waals surface area contributed by atoms with Gasteiger partial charge in [-0.2, -0.15) is 23.9 Å². The average Bonchev–Trinajstić information content (AvgIpc) is 3.02. The molecule has 1 heterocycles. The quantitative estimate of drug-likeness (QED) is 0.0567. The molecule has 3 aromatic rings. The third kappa shape index (κ3) is 10.5. The number of ether oxygens (including phenoxy) is 1. The molecule has 0 radical (unpaired) electrons. The molecule has 2 aromatic carbocycles. The van der Waals surface area contributed by atoms with E-state index in [4.69, 9.17) is 14.4 Å². The van der Waals surface area contributed by atoms with Crippen molar-refractivity contribution in [2.45, 2.75) is 23.1 Å². The molecular weight excluding hydrogens is 661 g/mol. The van der Waals surface area contributed by atoms with Crippen LogP contribution in [0, 0.1) is 18.3 Å². The number of hydrogen-bond acceptors (Lipinski definition) is 14. The summed E-state index contributed by atoms with van der Waals surface area (Å²) in [7, 11) is -4.51. The van der Waals surface area contributed by atoms with Crippen molar-refractivity contribution in [2.24, 2.45) is 20.5 Å². The number of nitriles is 1. The first-order valence-corrected chi connectivity index (χ1v) is 17.5. The summed E-state index contributed by atoms with van der Waals surface area (Å²) in [4.78, 5) is 4.06. The number of nitrogens with zero attached hydrogens (tertiary/aromatic N) is 6. The number of nitrogens with one attached hydrogen (secondary N) is 2. The Morgan fingerprint density at radius 2 is 1.65 bits per heavy atom. The Morgan fingerprint density at radius 1 is 0.978 bits per heavy atom. The highest BCUT2D eigenvalue weighted by Crippen LogP contribution is 2.36. The minimum absolute atomic E-state index is 0.0573. The predicted molar refractivity (Wildman–Crippen MR) is 172 cm³/mol. The van der Waals surface area contributed by atoms with Crippen LogP contribution >= 0.6 is 0 Å². The summed E-state index contributed by atoms with van der Waals surface area (Å²) in [6.45, 7) is 2.48. The van der Waals surface area contributed by atoms with Crippen LogP contribution in [-0.2, 0) is 36.7 Å². The van der Waals surface area contributed by atoms with Gasteiger partial charge in [-0.15, -0.1) is 10.2 Å². The van der Waals surface area contributed by atoms with E-state index in [9.17, 15) is 26.7 Å². The van der Waals surface area contributed by atoms with Gasteiger partial charge >= 0.3 is 0 Å². The molecule has 46 heavy (non-hydrogen) atoms. The van der Waals surface area contributed by atoms with E-state index in [1.807, 2.05) is 0 Å². The van der Waals surface area contributed by atoms with Gasteiger partial charge in [0, 0.05) is 54.7 Å². The van der Waals surface area contributed by atoms with Crippen molar-refractivity contribution in [1.82, 2.24) is 4.98 Å². The predicted octanol–water partition coefficient (Wildman–Crippen LogP) is 4.52. The largest absolute Gasteiger partial charge is 0.395 e. The molecular formula is C27H32N8O8S3. The Bertz CT molecular complexity index is 1780. The molecule has 0 bridgehead atoms. The lowest BCUT2D eigenvalue weighted by Crippen LogP contribution is -2.17. The van der Waals surface area contributed by atoms with Crippen molar-refractivity contribution in [3.8, 4) is 6.07 Å². The van der Waals surface area contributed by atoms with Crippen LogP contribution in [0.15, 0.2) is 72.7 Å². The van der Waals surface area contributed by atoms with Gasteiger partial charge in [0.25, 0.3) is 10.1 Å². The average molecular weight is 693 g/mol. The summed E-state index contributed by atoms with van der Waals surface area (Å²) in [6.07, 6.45) is 0.602. The first-order valence-electron chi connectivity index (χ1n) is 13.5. The number of benzene rings is 2. The second-order valence-corrected chi connectivity index (χ2v) is 13.4. The standard InChI is InChI=1S/C27H32N8O8S3/c1-18-22(17-28)26(30-11-14-44(37)15-12-36)31-27(29-10-3-13-43-2)25(18)35-34-23-9-6-20(16-24(23)46(40,41)42)33-32-19-4-7-21(8-5-19)45(38)39/h4-9,16,36H,3,10-15H2,1-2H3,(H,38,39)(H2,29,30,31)(H,40,41,42). The lowest BCUT2D eigenvalue weighted by molar-refractivity contribution is 0.198. The first kappa shape index (κ1) is 36.4. The second-order valence-electron chi connectivity index (χ2n) is 9.31. The fourth-order valence-corrected chi connectivity index (χ4v) is 5.57. The minimum atomic E-state index is -4.81. The normalized spacial score (nSPS) is 13.1. The molecule has 19 heteroatoms. The summed E-state index contributed by atoms with van der Waals surface area (Å²) in [5.74, 6) is 0.784. The molecule has 0 amide bonds. The first-order chi connectivity index (χ1) is 22.0. The fraction of sp³-hybridized carbons (Fsp3) is 0.333. The zero-order valence-electron chi connectivity index (χ0n) is 24.8. The maximum atomic E-state index is 12.3. The van der Waals surface area contributed by atoms with Gasteiger partial charge in [-0.05, 0) is 55.8 Å². The molecule has 0 aliphatic rings. The van der Waals surface area contributed by atoms with Crippen LogP contribution in [0.4, 0.5) is 34.4 Å². The van der Waals surface area contributed by atoms with Crippen molar-refractivity contribution in [2.75, 3.05) is 55.6 Å². The van der Waals surface area contributed by atoms with Crippen LogP contribution in [-0.4, -0.2) is 81.0 Å². The number of methoxy groups -OCH3 is 1. The van der Waals surface area contributed by atoms with Crippen molar-refractivity contribution < 1.29 is 35.8 Å². The zero-order valence-corrected chi connectivity index (χ0v) is 27.2. The fourth-order valence-electron chi connectivity index (χ4n) is 3.82. The Balaban J connectivity index is 1.98. The third-order valence-corrected chi connectivity index (χ3v) is 8.94. The molecule has 0 spiro atoms. The summed E-state index contributed by atoms with van der Waals surface area (Å²) >= 11 is -2.16. The van der Waals surface area contributed by atoms with Gasteiger partial charge in [-0.25, -0.2) is 9.19 Å². The number of aliphatic hydroxyl groups excluding tert-OH is 1. The van der Waals surface area contributed by atoms with Crippen LogP contribution in [0.25, 0.3) is 0 Å². The smallest absolute Gasteiger partial charge is 0.296 e. The van der Waals surface area contributed by atoms with Crippen LogP contribution in [0.5, 0.6) is 0 Å². The van der Waals surface area contributed by atoms with E-state index >= 15 is 0 Å². The SMILES string of the molecule is COCCCNc1nc(NCCS(=O)CCO)c(C#N)c(C)c1N=Nc1ccc(N=Nc2ccc(S(=O)O)cc2)cc1S(=O)(=O)O. The monoisotopic (exact) mass is 692 g/mol. The Labute approximate surface area is 270 Å². The van der Waals surface area contributed by atoms with Crippen molar-refractivity contribution >= 4 is 66.4 Å². The molecule has 0 fully saturated rings. The number of rotatable bonds is 17. The Hall–Kier alpha value is -4.03. The van der Waals surface area contributed by atoms with Gasteiger partial charge in [0.15, 0.2) is 16.9 Å². The van der Waals surface area contributed by atoms with Crippen LogP contribution in [0.1, 0.15) is 17.5 Å². The maximum absolute atomic E-state index is 12.3. The Morgan fingerprint density at radius 3 is 2.28 bits per heavy atom. The lowest BCUT2D eigenvalue weighted by Gasteiger charge is -2.15. The third-order valence-electron chi connectivity index (χ3n) is 6.08. The number of hydrogen-bond donors (Lipinski definition) is 5. The molecule has 1 aromatic heterocycles. The molecule has 0 saturated heterocycles. The highest BCUT2D eigenvalue weighted by molar-refractivity contribution is 7.86. The number of aliphatic hydroxyl groups is 1. The number of anilines is 2. The topological polar surface area (TPSA) is 248 Å². The van der Waals surface area contributed by atoms with E-state index in [-0.39, 0.29) is 63.8 Å². The molecule has 2 unspecified atom stereocenters. The summed E-state index contributed by atoms with van der Waals surface area (Å²) < 4.78 is 71.8. The maximum Gasteiger partial charge on any atom is 0.296 e. The van der Waals surface area contributed by atoms with E-state index in [0.29, 0.717) is 30.8 Å². The van der Waals surface area contributed by atoms with Crippen LogP contribution in [0.3, 0.4) is 0 Å². The Kier molecular flexibility index (Phi) is 13.9. The molecule has 3 rings (SSSR count). The van der Waals surface area contributed by atoms with Gasteiger partial charge in [0.2, 0.25) is 0 Å². The molecule has 5 N–H and O–H groups in total. The van der Waals surface area contributed by atoms with Crippen LogP contribution < -0.4 is 10.6 Å². The number of pyridine rings is 1. The molecule has 2 atom stereocenters. The van der Waals surface area contributed by atoms with E-state index in [1.165, 1.54) is 36.4 Å². The zero-order chi connectivity index (χ0) is 33.7. The molecule has 0 saturated carbocycles. The van der Waals surface area contributed by atoms with E-state index in [0.717, 1.165) is 6.07 Å². The molecule has 0 aliphatic heterocycles. The highest BCUT2D eigenvalue weighted by atomic mass is 32.2. The lowest BCUT2D eigenvalue weighted by atomic mass is 10.1. The number of azo groups is 2. The van der Waals surface area contributed by atoms with Crippen molar-refractivity contribution in [3.05, 3.63) is 53.6 Å². The van der Waals surface area contributed by atoms with Gasteiger partial charge in [-0.1, -0.05) is 0 Å². The highest BCUT2D eigenvalue weighted by Gasteiger charge is 2.20. The molecule has 16 nitrogen and oxygen atoms in total. The van der Waals surface area contributed by atoms with Crippen molar-refractivity contribution in [1.29, 1.82) is 5.26 Å². The number of aromatic nitrogens is 1. The van der Waals surface area contributed by atoms with Gasteiger partial charge in [0.1, 0.15) is 28.2 Å². The molecule has 246 valence electrons. The summed E-state index contributed by atoms with van der Waals surface area (Å²) in [5.41, 5.74) is 0.790. The minimum Gasteiger partial charge on any atom is -0.395 e. The van der Waals surface area contributed by atoms with E-state index < -0.39 is 36.9 Å². The van der Waals surface area contributed by atoms with E-state index in [2.05, 4.69) is 42.1 Å². The van der Waals surface area contributed by atoms with Crippen molar-refractivity contribution in [3.63, 3.8) is 0 Å². The summed E-state index contributed by atoms with van der Waals surface area (Å²) in [6, 6.07) is 11.5. The van der Waals surface area contributed by atoms with Gasteiger partial charge in [-0.3, -0.25) is 8.76 Å². The van der Waals surface area contributed by atoms with Gasteiger partial charge < -0.3 is 25.0 Å². The summed E-state index contributed by atoms with van der Waals surface area (Å²) in [5, 5.41) is 41.2. The molecule has 0 aliphatic carbocycles. The van der Waals surface area contributed by atoms with Gasteiger partial charge in [0.05, 0.1) is 28.4 Å². The van der Waals surface area contributed by atoms with Crippen LogP contribution in [0.2, 0.25) is 0 Å². The van der Waals surface area contributed by atoms with E-state index in [1.54, 1.807) is 14.0 Å².